The van der Waals surface area contributed by atoms with Crippen LogP contribution in [0, 0.1) is 5.82 Å². The van der Waals surface area contributed by atoms with E-state index in [0.717, 1.165) is 42.6 Å². The Morgan fingerprint density at radius 3 is 2.94 bits per heavy atom. The normalized spacial score (nSPS) is 10.8. The van der Waals surface area contributed by atoms with Gasteiger partial charge in [0.05, 0.1) is 0 Å². The first-order valence-electron chi connectivity index (χ1n) is 5.96. The van der Waals surface area contributed by atoms with Crippen LogP contribution in [0.5, 0.6) is 0 Å². The van der Waals surface area contributed by atoms with Gasteiger partial charge in [-0.05, 0) is 43.1 Å². The van der Waals surface area contributed by atoms with E-state index in [2.05, 4.69) is 28.2 Å². The highest BCUT2D eigenvalue weighted by Crippen LogP contribution is 2.17. The Labute approximate surface area is 111 Å². The molecule has 4 heteroatoms. The summed E-state index contributed by atoms with van der Waals surface area (Å²) in [5.41, 5.74) is 0.944. The molecular weight excluding hydrogens is 285 g/mol. The van der Waals surface area contributed by atoms with Crippen molar-refractivity contribution in [3.63, 3.8) is 0 Å². The molecule has 17 heavy (non-hydrogen) atoms. The molecule has 1 rings (SSSR count). The summed E-state index contributed by atoms with van der Waals surface area (Å²) in [6.07, 6.45) is 2.04. The zero-order chi connectivity index (χ0) is 12.5. The zero-order valence-corrected chi connectivity index (χ0v) is 11.7. The second-order valence-electron chi connectivity index (χ2n) is 3.88. The lowest BCUT2D eigenvalue weighted by Gasteiger charge is -2.07. The van der Waals surface area contributed by atoms with Crippen molar-refractivity contribution in [3.05, 3.63) is 34.1 Å². The molecule has 0 aliphatic rings. The summed E-state index contributed by atoms with van der Waals surface area (Å²) in [4.78, 5) is 0. The van der Waals surface area contributed by atoms with E-state index in [9.17, 15) is 4.39 Å². The highest BCUT2D eigenvalue weighted by Gasteiger charge is 2.00. The largest absolute Gasteiger partial charge is 0.381 e. The average molecular weight is 304 g/mol. The number of nitrogens with one attached hydrogen (secondary N) is 1. The molecule has 0 aliphatic heterocycles. The van der Waals surface area contributed by atoms with Crippen LogP contribution in [-0.4, -0.2) is 19.8 Å². The molecule has 1 aromatic rings. The van der Waals surface area contributed by atoms with Gasteiger partial charge in [0.25, 0.3) is 0 Å². The highest BCUT2D eigenvalue weighted by molar-refractivity contribution is 9.10. The quantitative estimate of drug-likeness (QED) is 0.742. The monoisotopic (exact) mass is 303 g/mol. The summed E-state index contributed by atoms with van der Waals surface area (Å²) in [6.45, 7) is 5.26. The van der Waals surface area contributed by atoms with Gasteiger partial charge in [-0.15, -0.1) is 0 Å². The molecule has 0 heterocycles. The topological polar surface area (TPSA) is 21.3 Å². The lowest BCUT2D eigenvalue weighted by atomic mass is 10.2. The third-order valence-corrected chi connectivity index (χ3v) is 3.09. The minimum absolute atomic E-state index is 0.198. The molecule has 0 atom stereocenters. The predicted octanol–water partition coefficient (Wildman–Crippen LogP) is 3.49. The fourth-order valence-electron chi connectivity index (χ4n) is 1.45. The van der Waals surface area contributed by atoms with Gasteiger partial charge in [0.1, 0.15) is 5.82 Å². The maximum Gasteiger partial charge on any atom is 0.123 e. The van der Waals surface area contributed by atoms with E-state index in [1.807, 2.05) is 0 Å². The van der Waals surface area contributed by atoms with Gasteiger partial charge in [-0.3, -0.25) is 0 Å². The van der Waals surface area contributed by atoms with Crippen LogP contribution in [0.1, 0.15) is 25.3 Å². The van der Waals surface area contributed by atoms with Gasteiger partial charge in [0.2, 0.25) is 0 Å². The Hall–Kier alpha value is -0.450. The summed E-state index contributed by atoms with van der Waals surface area (Å²) in [5.74, 6) is -0.198. The van der Waals surface area contributed by atoms with E-state index in [1.165, 1.54) is 6.07 Å². The maximum atomic E-state index is 13.0. The standard InChI is InChI=1S/C13H19BrFNO/c1-2-7-17-8-3-6-16-10-11-9-12(15)4-5-13(11)14/h4-5,9,16H,2-3,6-8,10H2,1H3. The third-order valence-electron chi connectivity index (χ3n) is 2.31. The van der Waals surface area contributed by atoms with E-state index < -0.39 is 0 Å². The molecule has 0 spiro atoms. The Morgan fingerprint density at radius 1 is 1.35 bits per heavy atom. The van der Waals surface area contributed by atoms with Crippen LogP contribution in [0.25, 0.3) is 0 Å². The van der Waals surface area contributed by atoms with Crippen LogP contribution in [0.2, 0.25) is 0 Å². The van der Waals surface area contributed by atoms with Gasteiger partial charge in [0.15, 0.2) is 0 Å². The summed E-state index contributed by atoms with van der Waals surface area (Å²) in [6, 6.07) is 4.73. The van der Waals surface area contributed by atoms with Crippen molar-refractivity contribution < 1.29 is 9.13 Å². The molecular formula is C13H19BrFNO. The first kappa shape index (κ1) is 14.6. The molecule has 0 radical (unpaired) electrons. The van der Waals surface area contributed by atoms with Gasteiger partial charge < -0.3 is 10.1 Å². The molecule has 0 saturated carbocycles. The fraction of sp³-hybridized carbons (Fsp3) is 0.538. The number of halogens is 2. The molecule has 96 valence electrons. The molecule has 0 saturated heterocycles. The van der Waals surface area contributed by atoms with Crippen LogP contribution in [-0.2, 0) is 11.3 Å². The molecule has 0 fully saturated rings. The Bertz CT molecular complexity index is 333. The summed E-state index contributed by atoms with van der Waals surface area (Å²) >= 11 is 3.40. The molecule has 2 nitrogen and oxygen atoms in total. The maximum absolute atomic E-state index is 13.0. The van der Waals surface area contributed by atoms with Gasteiger partial charge in [-0.2, -0.15) is 0 Å². The minimum Gasteiger partial charge on any atom is -0.381 e. The Balaban J connectivity index is 2.15. The van der Waals surface area contributed by atoms with Crippen molar-refractivity contribution in [1.82, 2.24) is 5.32 Å². The number of hydrogen-bond acceptors (Lipinski definition) is 2. The SMILES string of the molecule is CCCOCCCNCc1cc(F)ccc1Br. The van der Waals surface area contributed by atoms with Crippen molar-refractivity contribution >= 4 is 15.9 Å². The third kappa shape index (κ3) is 6.15. The van der Waals surface area contributed by atoms with Crippen molar-refractivity contribution in [2.24, 2.45) is 0 Å². The molecule has 0 aromatic heterocycles. The van der Waals surface area contributed by atoms with Crippen LogP contribution < -0.4 is 5.32 Å². The lowest BCUT2D eigenvalue weighted by Crippen LogP contribution is -2.16. The average Bonchev–Trinajstić information content (AvgIpc) is 2.32. The molecule has 0 amide bonds. The van der Waals surface area contributed by atoms with Gasteiger partial charge in [0, 0.05) is 24.2 Å². The Kier molecular flexibility index (Phi) is 7.40. The molecule has 1 aromatic carbocycles. The minimum atomic E-state index is -0.198. The van der Waals surface area contributed by atoms with Crippen molar-refractivity contribution in [3.8, 4) is 0 Å². The van der Waals surface area contributed by atoms with Crippen molar-refractivity contribution in [1.29, 1.82) is 0 Å². The van der Waals surface area contributed by atoms with E-state index >= 15 is 0 Å². The van der Waals surface area contributed by atoms with Crippen LogP contribution in [0.15, 0.2) is 22.7 Å². The van der Waals surface area contributed by atoms with Crippen LogP contribution in [0.4, 0.5) is 4.39 Å². The van der Waals surface area contributed by atoms with E-state index in [0.29, 0.717) is 6.54 Å². The van der Waals surface area contributed by atoms with Crippen LogP contribution in [0.3, 0.4) is 0 Å². The summed E-state index contributed by atoms with van der Waals surface area (Å²) < 4.78 is 19.3. The van der Waals surface area contributed by atoms with Gasteiger partial charge >= 0.3 is 0 Å². The molecule has 0 bridgehead atoms. The van der Waals surface area contributed by atoms with Crippen molar-refractivity contribution in [2.45, 2.75) is 26.3 Å². The molecule has 1 N–H and O–H groups in total. The first-order chi connectivity index (χ1) is 8.24. The summed E-state index contributed by atoms with van der Waals surface area (Å²) in [5, 5.41) is 3.27. The predicted molar refractivity (Wildman–Crippen MR) is 71.5 cm³/mol. The second kappa shape index (κ2) is 8.61. The highest BCUT2D eigenvalue weighted by atomic mass is 79.9. The lowest BCUT2D eigenvalue weighted by molar-refractivity contribution is 0.132. The second-order valence-corrected chi connectivity index (χ2v) is 4.73. The van der Waals surface area contributed by atoms with Crippen LogP contribution >= 0.6 is 15.9 Å². The number of hydrogen-bond donors (Lipinski definition) is 1. The fourth-order valence-corrected chi connectivity index (χ4v) is 1.83. The zero-order valence-electron chi connectivity index (χ0n) is 10.1. The van der Waals surface area contributed by atoms with Crippen molar-refractivity contribution in [2.75, 3.05) is 19.8 Å². The summed E-state index contributed by atoms with van der Waals surface area (Å²) in [7, 11) is 0. The number of benzene rings is 1. The smallest absolute Gasteiger partial charge is 0.123 e. The number of ether oxygens (including phenoxy) is 1. The van der Waals surface area contributed by atoms with Gasteiger partial charge in [-0.25, -0.2) is 4.39 Å². The first-order valence-corrected chi connectivity index (χ1v) is 6.75. The Morgan fingerprint density at radius 2 is 2.18 bits per heavy atom. The molecule has 0 unspecified atom stereocenters. The van der Waals surface area contributed by atoms with E-state index in [4.69, 9.17) is 4.74 Å². The van der Waals surface area contributed by atoms with Gasteiger partial charge in [-0.1, -0.05) is 22.9 Å². The van der Waals surface area contributed by atoms with E-state index in [1.54, 1.807) is 12.1 Å². The molecule has 0 aliphatic carbocycles. The van der Waals surface area contributed by atoms with E-state index in [-0.39, 0.29) is 5.82 Å². The number of rotatable bonds is 8.